The lowest BCUT2D eigenvalue weighted by molar-refractivity contribution is -0.136. The number of methoxy groups -OCH3 is 1. The molecule has 0 radical (unpaired) electrons. The average molecular weight is 269 g/mol. The third-order valence-electron chi connectivity index (χ3n) is 3.36. The predicted octanol–water partition coefficient (Wildman–Crippen LogP) is 0.558. The number of rotatable bonds is 2. The number of carbonyl (C=O) groups is 1. The lowest BCUT2D eigenvalue weighted by atomic mass is 9.59. The Bertz CT molecular complexity index is 500. The number of hydrogen-bond acceptors (Lipinski definition) is 5. The van der Waals surface area contributed by atoms with Gasteiger partial charge in [-0.25, -0.2) is 0 Å². The van der Waals surface area contributed by atoms with Gasteiger partial charge in [0.05, 0.1) is 11.6 Å². The van der Waals surface area contributed by atoms with Crippen LogP contribution in [0, 0.1) is 33.5 Å². The van der Waals surface area contributed by atoms with Crippen molar-refractivity contribution in [2.45, 2.75) is 20.1 Å². The van der Waals surface area contributed by atoms with Crippen LogP contribution in [0.5, 0.6) is 0 Å². The molecule has 0 fully saturated rings. The molecule has 2 unspecified atom stereocenters. The van der Waals surface area contributed by atoms with Crippen LogP contribution >= 0.6 is 11.6 Å². The van der Waals surface area contributed by atoms with Crippen molar-refractivity contribution in [3.8, 4) is 12.1 Å². The predicted molar refractivity (Wildman–Crippen MR) is 63.4 cm³/mol. The third-order valence-corrected chi connectivity index (χ3v) is 3.66. The smallest absolute Gasteiger partial charge is 0.244 e. The Morgan fingerprint density at radius 3 is 2.44 bits per heavy atom. The summed E-state index contributed by atoms with van der Waals surface area (Å²) in [6, 6.07) is 3.63. The van der Waals surface area contributed by atoms with E-state index in [0.29, 0.717) is 0 Å². The van der Waals surface area contributed by atoms with E-state index in [9.17, 15) is 10.1 Å². The summed E-state index contributed by atoms with van der Waals surface area (Å²) >= 11 is 5.90. The average Bonchev–Trinajstić information content (AvgIpc) is 2.30. The number of carbonyl (C=O) groups excluding carboxylic acids is 1. The van der Waals surface area contributed by atoms with Crippen molar-refractivity contribution >= 4 is 17.5 Å². The number of nitrogens with two attached hydrogens (primary N) is 1. The molecule has 1 aliphatic heterocycles. The monoisotopic (exact) mass is 268 g/mol. The highest BCUT2D eigenvalue weighted by Gasteiger charge is 2.61. The highest BCUT2D eigenvalue weighted by atomic mass is 35.5. The number of halogens is 1. The lowest BCUT2D eigenvalue weighted by Gasteiger charge is -2.47. The van der Waals surface area contributed by atoms with E-state index in [1.165, 1.54) is 7.11 Å². The molecule has 96 valence electrons. The zero-order chi connectivity index (χ0) is 14.1. The van der Waals surface area contributed by atoms with Crippen molar-refractivity contribution in [3.63, 3.8) is 0 Å². The fourth-order valence-corrected chi connectivity index (χ4v) is 2.52. The quantitative estimate of drug-likeness (QED) is 0.711. The summed E-state index contributed by atoms with van der Waals surface area (Å²) in [6.07, 6.45) is -0.714. The largest absolute Gasteiger partial charge is 0.368 e. The van der Waals surface area contributed by atoms with Gasteiger partial charge in [-0.2, -0.15) is 10.5 Å². The molecule has 0 saturated heterocycles. The van der Waals surface area contributed by atoms with Gasteiger partial charge in [0.2, 0.25) is 5.91 Å². The maximum atomic E-state index is 11.8. The van der Waals surface area contributed by atoms with Crippen LogP contribution in [0.1, 0.15) is 13.8 Å². The van der Waals surface area contributed by atoms with E-state index in [-0.39, 0.29) is 10.7 Å². The molecule has 0 aromatic heterocycles. The first-order chi connectivity index (χ1) is 8.29. The number of nitrogens with zero attached hydrogens (tertiary/aromatic N) is 2. The van der Waals surface area contributed by atoms with Crippen molar-refractivity contribution in [1.29, 1.82) is 10.5 Å². The number of ether oxygens (including phenoxy) is 1. The molecular formula is C11H13ClN4O2. The van der Waals surface area contributed by atoms with E-state index in [1.54, 1.807) is 19.9 Å². The fraction of sp³-hybridized carbons (Fsp3) is 0.545. The van der Waals surface area contributed by atoms with Gasteiger partial charge < -0.3 is 15.8 Å². The molecule has 0 spiro atoms. The molecule has 18 heavy (non-hydrogen) atoms. The summed E-state index contributed by atoms with van der Waals surface area (Å²) in [6.45, 7) is 3.23. The number of nitriles is 2. The molecule has 0 aliphatic carbocycles. The summed E-state index contributed by atoms with van der Waals surface area (Å²) in [5.41, 5.74) is 2.28. The summed E-state index contributed by atoms with van der Waals surface area (Å²) in [5, 5.41) is 21.2. The van der Waals surface area contributed by atoms with Gasteiger partial charge in [-0.1, -0.05) is 25.4 Å². The topological polar surface area (TPSA) is 112 Å². The molecule has 0 aromatic rings. The number of primary amides is 1. The highest BCUT2D eigenvalue weighted by molar-refractivity contribution is 6.30. The van der Waals surface area contributed by atoms with E-state index >= 15 is 0 Å². The molecule has 0 aromatic carbocycles. The molecule has 2 atom stereocenters. The Morgan fingerprint density at radius 2 is 2.11 bits per heavy atom. The number of hydrogen-bond donors (Lipinski definition) is 2. The molecule has 6 nitrogen and oxygen atoms in total. The third kappa shape index (κ3) is 1.54. The highest BCUT2D eigenvalue weighted by Crippen LogP contribution is 2.50. The molecule has 0 bridgehead atoms. The van der Waals surface area contributed by atoms with Crippen LogP contribution in [0.2, 0.25) is 0 Å². The second-order valence-electron chi connectivity index (χ2n) is 4.51. The van der Waals surface area contributed by atoms with Gasteiger partial charge in [0, 0.05) is 12.5 Å². The molecular weight excluding hydrogens is 256 g/mol. The van der Waals surface area contributed by atoms with Gasteiger partial charge in [-0.05, 0) is 0 Å². The van der Waals surface area contributed by atoms with Crippen LogP contribution in [-0.4, -0.2) is 19.2 Å². The molecule has 1 amide bonds. The van der Waals surface area contributed by atoms with Gasteiger partial charge in [0.25, 0.3) is 0 Å². The maximum Gasteiger partial charge on any atom is 0.244 e. The van der Waals surface area contributed by atoms with E-state index in [4.69, 9.17) is 27.3 Å². The Hall–Kier alpha value is -1.76. The van der Waals surface area contributed by atoms with Crippen LogP contribution in [0.4, 0.5) is 0 Å². The minimum Gasteiger partial charge on any atom is -0.368 e. The summed E-state index contributed by atoms with van der Waals surface area (Å²) in [5.74, 6) is -0.923. The molecule has 1 heterocycles. The number of nitrogens with one attached hydrogen (secondary N) is 1. The molecule has 1 aliphatic rings. The van der Waals surface area contributed by atoms with E-state index in [0.717, 1.165) is 0 Å². The van der Waals surface area contributed by atoms with Gasteiger partial charge in [-0.3, -0.25) is 4.79 Å². The van der Waals surface area contributed by atoms with Crippen LogP contribution in [0.25, 0.3) is 0 Å². The first-order valence-electron chi connectivity index (χ1n) is 5.10. The van der Waals surface area contributed by atoms with Gasteiger partial charge in [0.15, 0.2) is 5.41 Å². The second kappa shape index (κ2) is 4.49. The Morgan fingerprint density at radius 1 is 1.56 bits per heavy atom. The zero-order valence-corrected chi connectivity index (χ0v) is 11.0. The van der Waals surface area contributed by atoms with Crippen molar-refractivity contribution in [1.82, 2.24) is 5.32 Å². The molecule has 3 N–H and O–H groups in total. The van der Waals surface area contributed by atoms with E-state index in [2.05, 4.69) is 5.32 Å². The summed E-state index contributed by atoms with van der Waals surface area (Å²) in [4.78, 5) is 11.8. The minimum atomic E-state index is -1.83. The van der Waals surface area contributed by atoms with E-state index < -0.39 is 23.0 Å². The van der Waals surface area contributed by atoms with Crippen molar-refractivity contribution < 1.29 is 9.53 Å². The van der Waals surface area contributed by atoms with Crippen LogP contribution in [0.15, 0.2) is 10.7 Å². The minimum absolute atomic E-state index is 0.0935. The Kier molecular flexibility index (Phi) is 3.57. The van der Waals surface area contributed by atoms with Gasteiger partial charge in [0.1, 0.15) is 17.5 Å². The SMILES string of the molecule is COC1NC(Cl)=C(C#N)C(C#N)(C(N)=O)C1(C)C. The van der Waals surface area contributed by atoms with Crippen LogP contribution in [0.3, 0.4) is 0 Å². The van der Waals surface area contributed by atoms with Crippen molar-refractivity contribution in [2.75, 3.05) is 7.11 Å². The van der Waals surface area contributed by atoms with Gasteiger partial charge in [-0.15, -0.1) is 0 Å². The second-order valence-corrected chi connectivity index (χ2v) is 4.89. The Balaban J connectivity index is 3.69. The normalized spacial score (nSPS) is 30.0. The van der Waals surface area contributed by atoms with Crippen LogP contribution < -0.4 is 11.1 Å². The summed E-state index contributed by atoms with van der Waals surface area (Å²) in [7, 11) is 1.41. The maximum absolute atomic E-state index is 11.8. The van der Waals surface area contributed by atoms with Gasteiger partial charge >= 0.3 is 0 Å². The fourth-order valence-electron chi connectivity index (χ4n) is 2.23. The molecule has 7 heteroatoms. The standard InChI is InChI=1S/C11H13ClN4O2/c1-10(2)9(18-3)16-7(12)6(4-13)11(10,5-14)8(15)17/h9,16H,1-3H3,(H2,15,17). The van der Waals surface area contributed by atoms with Crippen molar-refractivity contribution in [3.05, 3.63) is 10.7 Å². The molecule has 0 saturated carbocycles. The van der Waals surface area contributed by atoms with E-state index in [1.807, 2.05) is 6.07 Å². The van der Waals surface area contributed by atoms with Crippen LogP contribution in [-0.2, 0) is 9.53 Å². The first kappa shape index (κ1) is 14.3. The zero-order valence-electron chi connectivity index (χ0n) is 10.2. The molecule has 1 rings (SSSR count). The number of amides is 1. The summed E-state index contributed by atoms with van der Waals surface area (Å²) < 4.78 is 5.18. The van der Waals surface area contributed by atoms with Crippen molar-refractivity contribution in [2.24, 2.45) is 16.6 Å². The first-order valence-corrected chi connectivity index (χ1v) is 5.48. The lowest BCUT2D eigenvalue weighted by Crippen LogP contribution is -2.61. The Labute approximate surface area is 110 Å².